The van der Waals surface area contributed by atoms with Crippen molar-refractivity contribution in [3.05, 3.63) is 17.7 Å². The standard InChI is InChI=1S/C18H29N3O/c1-14-11-19-15(2)21(14)13-17-8-9-20(12-17)18(22)10-16-6-4-3-5-7-16/h11,16-17H,3-10,12-13H2,1-2H3. The summed E-state index contributed by atoms with van der Waals surface area (Å²) >= 11 is 0. The van der Waals surface area contributed by atoms with Gasteiger partial charge in [-0.2, -0.15) is 0 Å². The Morgan fingerprint density at radius 1 is 1.18 bits per heavy atom. The van der Waals surface area contributed by atoms with Gasteiger partial charge in [-0.15, -0.1) is 0 Å². The highest BCUT2D eigenvalue weighted by atomic mass is 16.2. The summed E-state index contributed by atoms with van der Waals surface area (Å²) in [5.41, 5.74) is 1.23. The molecule has 1 saturated heterocycles. The van der Waals surface area contributed by atoms with E-state index in [1.807, 2.05) is 6.20 Å². The van der Waals surface area contributed by atoms with Gasteiger partial charge in [-0.3, -0.25) is 4.79 Å². The predicted octanol–water partition coefficient (Wildman–Crippen LogP) is 3.32. The van der Waals surface area contributed by atoms with E-state index in [1.54, 1.807) is 0 Å². The first kappa shape index (κ1) is 15.6. The van der Waals surface area contributed by atoms with Crippen LogP contribution < -0.4 is 0 Å². The molecule has 0 N–H and O–H groups in total. The Labute approximate surface area is 133 Å². The van der Waals surface area contributed by atoms with Crippen LogP contribution in [0.3, 0.4) is 0 Å². The minimum Gasteiger partial charge on any atom is -0.342 e. The second-order valence-corrected chi connectivity index (χ2v) is 7.26. The zero-order valence-electron chi connectivity index (χ0n) is 14.1. The van der Waals surface area contributed by atoms with Crippen LogP contribution in [0.25, 0.3) is 0 Å². The number of aryl methyl sites for hydroxylation is 2. The molecule has 1 saturated carbocycles. The van der Waals surface area contributed by atoms with Gasteiger partial charge in [0.1, 0.15) is 5.82 Å². The van der Waals surface area contributed by atoms with E-state index in [9.17, 15) is 4.79 Å². The lowest BCUT2D eigenvalue weighted by Crippen LogP contribution is -2.31. The van der Waals surface area contributed by atoms with Gasteiger partial charge in [0.25, 0.3) is 0 Å². The Bertz CT molecular complexity index is 497. The number of likely N-dealkylation sites (tertiary alicyclic amines) is 1. The number of carbonyl (C=O) groups excluding carboxylic acids is 1. The third-order valence-corrected chi connectivity index (χ3v) is 5.52. The molecular weight excluding hydrogens is 274 g/mol. The first-order valence-electron chi connectivity index (χ1n) is 8.90. The number of amides is 1. The van der Waals surface area contributed by atoms with Crippen LogP contribution in [0.15, 0.2) is 6.20 Å². The number of hydrogen-bond acceptors (Lipinski definition) is 2. The van der Waals surface area contributed by atoms with Crippen molar-refractivity contribution in [1.29, 1.82) is 0 Å². The largest absolute Gasteiger partial charge is 0.342 e. The van der Waals surface area contributed by atoms with Crippen LogP contribution in [0, 0.1) is 25.7 Å². The lowest BCUT2D eigenvalue weighted by Gasteiger charge is -2.24. The average Bonchev–Trinajstić information content (AvgIpc) is 3.11. The third kappa shape index (κ3) is 3.53. The van der Waals surface area contributed by atoms with Crippen molar-refractivity contribution >= 4 is 5.91 Å². The minimum atomic E-state index is 0.397. The fourth-order valence-corrected chi connectivity index (χ4v) is 4.09. The fourth-order valence-electron chi connectivity index (χ4n) is 4.09. The molecule has 1 atom stereocenters. The molecule has 2 aliphatic rings. The number of rotatable bonds is 4. The van der Waals surface area contributed by atoms with E-state index in [2.05, 4.69) is 28.3 Å². The maximum atomic E-state index is 12.5. The fraction of sp³-hybridized carbons (Fsp3) is 0.778. The number of hydrogen-bond donors (Lipinski definition) is 0. The molecular formula is C18H29N3O. The van der Waals surface area contributed by atoms with E-state index >= 15 is 0 Å². The lowest BCUT2D eigenvalue weighted by atomic mass is 9.87. The van der Waals surface area contributed by atoms with Crippen LogP contribution in [0.2, 0.25) is 0 Å². The number of carbonyl (C=O) groups is 1. The van der Waals surface area contributed by atoms with Crippen LogP contribution in [0.4, 0.5) is 0 Å². The topological polar surface area (TPSA) is 38.1 Å². The van der Waals surface area contributed by atoms with Gasteiger partial charge in [-0.25, -0.2) is 4.98 Å². The highest BCUT2D eigenvalue weighted by Crippen LogP contribution is 2.28. The summed E-state index contributed by atoms with van der Waals surface area (Å²) in [6.45, 7) is 7.06. The van der Waals surface area contributed by atoms with Gasteiger partial charge in [0.05, 0.1) is 0 Å². The zero-order valence-corrected chi connectivity index (χ0v) is 14.1. The molecule has 0 spiro atoms. The summed E-state index contributed by atoms with van der Waals surface area (Å²) in [7, 11) is 0. The molecule has 1 unspecified atom stereocenters. The number of aromatic nitrogens is 2. The molecule has 1 aromatic heterocycles. The molecule has 1 amide bonds. The summed E-state index contributed by atoms with van der Waals surface area (Å²) in [4.78, 5) is 19.0. The summed E-state index contributed by atoms with van der Waals surface area (Å²) in [6.07, 6.45) is 10.4. The van der Waals surface area contributed by atoms with Gasteiger partial charge in [0, 0.05) is 37.9 Å². The molecule has 1 aliphatic carbocycles. The minimum absolute atomic E-state index is 0.397. The quantitative estimate of drug-likeness (QED) is 0.856. The second kappa shape index (κ2) is 6.84. The molecule has 22 heavy (non-hydrogen) atoms. The van der Waals surface area contributed by atoms with E-state index < -0.39 is 0 Å². The smallest absolute Gasteiger partial charge is 0.222 e. The van der Waals surface area contributed by atoms with Crippen molar-refractivity contribution in [3.8, 4) is 0 Å². The van der Waals surface area contributed by atoms with Gasteiger partial charge in [-0.1, -0.05) is 19.3 Å². The lowest BCUT2D eigenvalue weighted by molar-refractivity contribution is -0.131. The van der Waals surface area contributed by atoms with E-state index in [0.717, 1.165) is 38.3 Å². The summed E-state index contributed by atoms with van der Waals surface area (Å²) in [6, 6.07) is 0. The van der Waals surface area contributed by atoms with Crippen molar-refractivity contribution in [1.82, 2.24) is 14.5 Å². The van der Waals surface area contributed by atoms with Crippen LogP contribution >= 0.6 is 0 Å². The predicted molar refractivity (Wildman–Crippen MR) is 87.6 cm³/mol. The highest BCUT2D eigenvalue weighted by Gasteiger charge is 2.28. The molecule has 1 aromatic rings. The van der Waals surface area contributed by atoms with Gasteiger partial charge < -0.3 is 9.47 Å². The zero-order chi connectivity index (χ0) is 15.5. The Morgan fingerprint density at radius 3 is 2.64 bits per heavy atom. The normalized spacial score (nSPS) is 23.2. The Morgan fingerprint density at radius 2 is 1.95 bits per heavy atom. The maximum Gasteiger partial charge on any atom is 0.222 e. The van der Waals surface area contributed by atoms with Crippen molar-refractivity contribution in [2.24, 2.45) is 11.8 Å². The molecule has 2 heterocycles. The molecule has 4 heteroatoms. The van der Waals surface area contributed by atoms with E-state index in [1.165, 1.54) is 37.8 Å². The first-order chi connectivity index (χ1) is 10.6. The van der Waals surface area contributed by atoms with Crippen molar-refractivity contribution < 1.29 is 4.79 Å². The summed E-state index contributed by atoms with van der Waals surface area (Å²) in [5, 5.41) is 0. The second-order valence-electron chi connectivity index (χ2n) is 7.26. The first-order valence-corrected chi connectivity index (χ1v) is 8.90. The monoisotopic (exact) mass is 303 g/mol. The molecule has 0 bridgehead atoms. The van der Waals surface area contributed by atoms with Gasteiger partial charge in [0.2, 0.25) is 5.91 Å². The van der Waals surface area contributed by atoms with Gasteiger partial charge in [-0.05, 0) is 44.9 Å². The molecule has 0 aromatic carbocycles. The Balaban J connectivity index is 1.50. The summed E-state index contributed by atoms with van der Waals surface area (Å²) in [5.74, 6) is 2.72. The van der Waals surface area contributed by atoms with Crippen molar-refractivity contribution in [2.45, 2.75) is 65.3 Å². The van der Waals surface area contributed by atoms with Crippen LogP contribution in [0.5, 0.6) is 0 Å². The van der Waals surface area contributed by atoms with Crippen molar-refractivity contribution in [3.63, 3.8) is 0 Å². The van der Waals surface area contributed by atoms with Gasteiger partial charge in [0.15, 0.2) is 0 Å². The average molecular weight is 303 g/mol. The van der Waals surface area contributed by atoms with Gasteiger partial charge >= 0.3 is 0 Å². The van der Waals surface area contributed by atoms with E-state index in [4.69, 9.17) is 0 Å². The van der Waals surface area contributed by atoms with Crippen LogP contribution in [-0.4, -0.2) is 33.4 Å². The summed E-state index contributed by atoms with van der Waals surface area (Å²) < 4.78 is 2.29. The van der Waals surface area contributed by atoms with Crippen LogP contribution in [-0.2, 0) is 11.3 Å². The van der Waals surface area contributed by atoms with Crippen LogP contribution in [0.1, 0.15) is 56.5 Å². The number of nitrogens with zero attached hydrogens (tertiary/aromatic N) is 3. The molecule has 3 rings (SSSR count). The third-order valence-electron chi connectivity index (χ3n) is 5.52. The molecule has 4 nitrogen and oxygen atoms in total. The number of imidazole rings is 1. The molecule has 1 aliphatic heterocycles. The SMILES string of the molecule is Cc1cnc(C)n1CC1CCN(C(=O)CC2CCCCC2)C1. The highest BCUT2D eigenvalue weighted by molar-refractivity contribution is 5.76. The van der Waals surface area contributed by atoms with E-state index in [0.29, 0.717) is 17.7 Å². The Hall–Kier alpha value is -1.32. The van der Waals surface area contributed by atoms with E-state index in [-0.39, 0.29) is 0 Å². The molecule has 0 radical (unpaired) electrons. The maximum absolute atomic E-state index is 12.5. The molecule has 122 valence electrons. The Kier molecular flexibility index (Phi) is 4.84. The molecule has 2 fully saturated rings. The van der Waals surface area contributed by atoms with Crippen molar-refractivity contribution in [2.75, 3.05) is 13.1 Å².